The lowest BCUT2D eigenvalue weighted by Crippen LogP contribution is -2.01. The molecule has 2 aromatic carbocycles. The molecule has 0 unspecified atom stereocenters. The van der Waals surface area contributed by atoms with Gasteiger partial charge < -0.3 is 10.4 Å². The highest BCUT2D eigenvalue weighted by molar-refractivity contribution is 5.94. The van der Waals surface area contributed by atoms with Gasteiger partial charge in [-0.15, -0.1) is 0 Å². The third-order valence-corrected chi connectivity index (χ3v) is 2.75. The molecule has 0 fully saturated rings. The monoisotopic (exact) mass is 305 g/mol. The van der Waals surface area contributed by atoms with Gasteiger partial charge in [0, 0.05) is 18.0 Å². The average Bonchev–Trinajstić information content (AvgIpc) is 2.57. The van der Waals surface area contributed by atoms with Crippen LogP contribution in [0.4, 0.5) is 5.69 Å². The van der Waals surface area contributed by atoms with Crippen LogP contribution in [0, 0.1) is 24.3 Å². The van der Waals surface area contributed by atoms with E-state index in [1.807, 2.05) is 30.3 Å². The summed E-state index contributed by atoms with van der Waals surface area (Å²) < 4.78 is 0. The first kappa shape index (κ1) is 17.9. The van der Waals surface area contributed by atoms with Crippen LogP contribution in [0.2, 0.25) is 0 Å². The molecule has 0 aromatic heterocycles. The molecule has 0 aliphatic carbocycles. The van der Waals surface area contributed by atoms with Gasteiger partial charge in [0.25, 0.3) is 0 Å². The quantitative estimate of drug-likeness (QED) is 0.659. The van der Waals surface area contributed by atoms with Crippen molar-refractivity contribution in [3.8, 4) is 24.3 Å². The van der Waals surface area contributed by atoms with E-state index in [0.717, 1.165) is 18.4 Å². The summed E-state index contributed by atoms with van der Waals surface area (Å²) in [4.78, 5) is 10.6. The van der Waals surface area contributed by atoms with Crippen molar-refractivity contribution in [3.05, 3.63) is 65.7 Å². The maximum atomic E-state index is 10.6. The van der Waals surface area contributed by atoms with Gasteiger partial charge in [-0.1, -0.05) is 55.5 Å². The molecular formula is C20H19NO2. The number of aromatic carboxylic acids is 1. The number of terminal acetylenes is 1. The molecule has 2 aromatic rings. The fraction of sp³-hybridized carbons (Fsp3) is 0.150. The number of carbonyl (C=O) groups is 1. The van der Waals surface area contributed by atoms with Crippen LogP contribution >= 0.6 is 0 Å². The number of hydrogen-bond acceptors (Lipinski definition) is 2. The minimum absolute atomic E-state index is 0.176. The van der Waals surface area contributed by atoms with Crippen LogP contribution in [0.3, 0.4) is 0 Å². The molecule has 3 nitrogen and oxygen atoms in total. The van der Waals surface area contributed by atoms with Crippen molar-refractivity contribution in [1.82, 2.24) is 0 Å². The van der Waals surface area contributed by atoms with Crippen LogP contribution < -0.4 is 5.32 Å². The van der Waals surface area contributed by atoms with Crippen molar-refractivity contribution in [2.24, 2.45) is 0 Å². The Morgan fingerprint density at radius 3 is 2.39 bits per heavy atom. The molecule has 0 amide bonds. The predicted octanol–water partition coefficient (Wildman–Crippen LogP) is 4.23. The Balaban J connectivity index is 0.000000231. The van der Waals surface area contributed by atoms with E-state index >= 15 is 0 Å². The highest BCUT2D eigenvalue weighted by atomic mass is 16.4. The standard InChI is InChI=1S/C11H12.C9H7NO2/c1-2-3-5-8-11-9-6-4-7-10-11;1-2-10-8-6-4-3-5-7(8)9(11)12/h4,6-7,9-10H,2-3H2,1H3;1,3-6,10H,(H,11,12). The molecule has 0 radical (unpaired) electrons. The third kappa shape index (κ3) is 6.89. The van der Waals surface area contributed by atoms with Gasteiger partial charge in [-0.2, -0.15) is 0 Å². The summed E-state index contributed by atoms with van der Waals surface area (Å²) in [5.74, 6) is 5.20. The number of unbranched alkanes of at least 4 members (excludes halogenated alkanes) is 1. The topological polar surface area (TPSA) is 49.3 Å². The van der Waals surface area contributed by atoms with Crippen LogP contribution in [0.5, 0.6) is 0 Å². The van der Waals surface area contributed by atoms with E-state index in [1.54, 1.807) is 18.2 Å². The summed E-state index contributed by atoms with van der Waals surface area (Å²) in [5, 5.41) is 11.2. The van der Waals surface area contributed by atoms with E-state index in [9.17, 15) is 4.79 Å². The molecule has 116 valence electrons. The number of carboxylic acids is 1. The summed E-state index contributed by atoms with van der Waals surface area (Å²) >= 11 is 0. The second-order valence-electron chi connectivity index (χ2n) is 4.54. The van der Waals surface area contributed by atoms with Gasteiger partial charge in [0.05, 0.1) is 11.3 Å². The number of para-hydroxylation sites is 1. The van der Waals surface area contributed by atoms with Gasteiger partial charge >= 0.3 is 5.97 Å². The maximum Gasteiger partial charge on any atom is 0.337 e. The van der Waals surface area contributed by atoms with Crippen LogP contribution in [-0.2, 0) is 0 Å². The molecule has 3 heteroatoms. The predicted molar refractivity (Wildman–Crippen MR) is 94.1 cm³/mol. The summed E-state index contributed by atoms with van der Waals surface area (Å²) in [6.07, 6.45) is 7.11. The third-order valence-electron chi connectivity index (χ3n) is 2.75. The van der Waals surface area contributed by atoms with E-state index in [0.29, 0.717) is 5.69 Å². The van der Waals surface area contributed by atoms with Gasteiger partial charge in [-0.25, -0.2) is 4.79 Å². The smallest absolute Gasteiger partial charge is 0.337 e. The minimum atomic E-state index is -0.992. The number of benzene rings is 2. The first-order chi connectivity index (χ1) is 11.2. The molecule has 0 atom stereocenters. The zero-order valence-electron chi connectivity index (χ0n) is 13.0. The Morgan fingerprint density at radius 2 is 1.78 bits per heavy atom. The largest absolute Gasteiger partial charge is 0.478 e. The summed E-state index contributed by atoms with van der Waals surface area (Å²) in [7, 11) is 0. The lowest BCUT2D eigenvalue weighted by atomic mass is 10.2. The average molecular weight is 305 g/mol. The SMILES string of the molecule is C#CNc1ccccc1C(=O)O.CCCC#Cc1ccccc1. The summed E-state index contributed by atoms with van der Waals surface area (Å²) in [5.41, 5.74) is 1.73. The van der Waals surface area contributed by atoms with Gasteiger partial charge in [-0.3, -0.25) is 0 Å². The molecule has 0 bridgehead atoms. The van der Waals surface area contributed by atoms with E-state index in [2.05, 4.69) is 30.1 Å². The molecule has 0 saturated carbocycles. The van der Waals surface area contributed by atoms with Gasteiger partial charge in [0.2, 0.25) is 0 Å². The van der Waals surface area contributed by atoms with Crippen LogP contribution in [0.1, 0.15) is 35.7 Å². The second kappa shape index (κ2) is 10.5. The Morgan fingerprint density at radius 1 is 1.13 bits per heavy atom. The number of nitrogens with one attached hydrogen (secondary N) is 1. The maximum absolute atomic E-state index is 10.6. The second-order valence-corrected chi connectivity index (χ2v) is 4.54. The van der Waals surface area contributed by atoms with Crippen molar-refractivity contribution < 1.29 is 9.90 Å². The molecule has 0 aliphatic heterocycles. The van der Waals surface area contributed by atoms with Crippen LogP contribution in [0.15, 0.2) is 54.6 Å². The van der Waals surface area contributed by atoms with Crippen molar-refractivity contribution in [3.63, 3.8) is 0 Å². The number of hydrogen-bond donors (Lipinski definition) is 2. The first-order valence-electron chi connectivity index (χ1n) is 7.27. The van der Waals surface area contributed by atoms with E-state index in [-0.39, 0.29) is 5.56 Å². The van der Waals surface area contributed by atoms with E-state index < -0.39 is 5.97 Å². The Bertz CT molecular complexity index is 719. The molecule has 2 rings (SSSR count). The molecule has 0 spiro atoms. The molecule has 2 N–H and O–H groups in total. The van der Waals surface area contributed by atoms with Gasteiger partial charge in [-0.05, 0) is 30.7 Å². The highest BCUT2D eigenvalue weighted by Gasteiger charge is 2.06. The van der Waals surface area contributed by atoms with Gasteiger partial charge in [0.1, 0.15) is 0 Å². The lowest BCUT2D eigenvalue weighted by Gasteiger charge is -2.01. The molecule has 0 aliphatic rings. The zero-order valence-corrected chi connectivity index (χ0v) is 13.0. The van der Waals surface area contributed by atoms with E-state index in [1.165, 1.54) is 6.07 Å². The number of rotatable bonds is 3. The van der Waals surface area contributed by atoms with E-state index in [4.69, 9.17) is 11.5 Å². The minimum Gasteiger partial charge on any atom is -0.478 e. The van der Waals surface area contributed by atoms with Crippen molar-refractivity contribution in [2.45, 2.75) is 19.8 Å². The summed E-state index contributed by atoms with van der Waals surface area (Å²) in [6, 6.07) is 18.7. The Kier molecular flexibility index (Phi) is 8.20. The number of anilines is 1. The molecular weight excluding hydrogens is 286 g/mol. The fourth-order valence-electron chi connectivity index (χ4n) is 1.67. The normalized spacial score (nSPS) is 8.52. The van der Waals surface area contributed by atoms with Crippen molar-refractivity contribution >= 4 is 11.7 Å². The first-order valence-corrected chi connectivity index (χ1v) is 7.27. The highest BCUT2D eigenvalue weighted by Crippen LogP contribution is 2.13. The zero-order chi connectivity index (χ0) is 16.9. The van der Waals surface area contributed by atoms with Gasteiger partial charge in [0.15, 0.2) is 0 Å². The van der Waals surface area contributed by atoms with Crippen LogP contribution in [0.25, 0.3) is 0 Å². The Labute approximate surface area is 137 Å². The molecule has 0 saturated heterocycles. The fourth-order valence-corrected chi connectivity index (χ4v) is 1.67. The lowest BCUT2D eigenvalue weighted by molar-refractivity contribution is 0.0698. The molecule has 23 heavy (non-hydrogen) atoms. The Hall–Kier alpha value is -3.17. The molecule has 0 heterocycles. The number of carboxylic acid groups (broad SMARTS) is 1. The van der Waals surface area contributed by atoms with Crippen molar-refractivity contribution in [1.29, 1.82) is 0 Å². The van der Waals surface area contributed by atoms with Crippen molar-refractivity contribution in [2.75, 3.05) is 5.32 Å². The van der Waals surface area contributed by atoms with Crippen LogP contribution in [-0.4, -0.2) is 11.1 Å². The summed E-state index contributed by atoms with van der Waals surface area (Å²) in [6.45, 7) is 2.14.